The highest BCUT2D eigenvalue weighted by molar-refractivity contribution is 5.90. The van der Waals surface area contributed by atoms with Crippen LogP contribution in [0, 0.1) is 57.7 Å². The minimum Gasteiger partial charge on any atom is -0.459 e. The number of aliphatic hydroxyl groups is 3. The molecular formula is C34H44O13. The molecule has 258 valence electrons. The summed E-state index contributed by atoms with van der Waals surface area (Å²) in [6.45, 7) is 12.0. The summed E-state index contributed by atoms with van der Waals surface area (Å²) in [5.41, 5.74) is -6.09. The molecule has 0 aromatic rings. The zero-order chi connectivity index (χ0) is 34.5. The Kier molecular flexibility index (Phi) is 6.85. The first-order valence-corrected chi connectivity index (χ1v) is 16.5. The molecule has 13 nitrogen and oxygen atoms in total. The Morgan fingerprint density at radius 1 is 0.872 bits per heavy atom. The van der Waals surface area contributed by atoms with Crippen molar-refractivity contribution in [2.45, 2.75) is 110 Å². The standard InChI is InChI=1S/C34H44O13/c1-11-9-17-33(7,34(8,42)30(41)47-17)22-19(11)32(6)20(24(22)39)18-21(27(28(32)40)44-13(3)36)31(5)15(23(38)26(18)43-12(2)35)10-16-25(46-16)29(31)45-14(4)37/h9,11,15-16,18-22,24-29,39-40,42H,10H2,1-8H3/t11-,15-,16+,18+,19+,20-,21-,22+,24-,25+,26-,27+,28+,29+,31+,32-,33+,34-/m1/s1. The van der Waals surface area contributed by atoms with Gasteiger partial charge in [0.15, 0.2) is 17.5 Å². The summed E-state index contributed by atoms with van der Waals surface area (Å²) < 4.78 is 29.3. The highest BCUT2D eigenvalue weighted by Crippen LogP contribution is 2.75. The molecule has 0 radical (unpaired) electrons. The molecule has 0 aromatic carbocycles. The van der Waals surface area contributed by atoms with Gasteiger partial charge in [0.05, 0.1) is 23.7 Å². The van der Waals surface area contributed by atoms with E-state index in [2.05, 4.69) is 0 Å². The first-order valence-electron chi connectivity index (χ1n) is 16.5. The van der Waals surface area contributed by atoms with Crippen LogP contribution in [0.25, 0.3) is 0 Å². The fourth-order valence-electron chi connectivity index (χ4n) is 11.9. The summed E-state index contributed by atoms with van der Waals surface area (Å²) in [6, 6.07) is 0. The molecule has 0 aromatic heterocycles. The maximum Gasteiger partial charge on any atom is 0.343 e. The molecule has 5 aliphatic carbocycles. The van der Waals surface area contributed by atoms with Crippen LogP contribution in [0.1, 0.15) is 61.8 Å². The lowest BCUT2D eigenvalue weighted by Gasteiger charge is -2.65. The maximum absolute atomic E-state index is 14.7. The Hall–Kier alpha value is -2.87. The van der Waals surface area contributed by atoms with Crippen molar-refractivity contribution in [1.29, 1.82) is 0 Å². The van der Waals surface area contributed by atoms with Crippen LogP contribution < -0.4 is 0 Å². The van der Waals surface area contributed by atoms with E-state index >= 15 is 0 Å². The Morgan fingerprint density at radius 3 is 2.09 bits per heavy atom. The summed E-state index contributed by atoms with van der Waals surface area (Å²) in [5.74, 6) is -8.91. The molecule has 0 amide bonds. The SMILES string of the molecule is CC(=O)O[C@H]1[C@H]2[C@H]([C@@H]3[C@@H](O)[C@@H]4[C@H]([C@H](C)C=C5OC(=O)[C@@](C)(O)[C@@]54C)[C@@]3(C)[C@H]1O)[C@@H](OC(C)=O)C(=O)[C@H]1C[C@@H]3O[C@@H]3[C@H](OC(C)=O)[C@]21C. The first-order chi connectivity index (χ1) is 21.7. The predicted molar refractivity (Wildman–Crippen MR) is 156 cm³/mol. The quantitative estimate of drug-likeness (QED) is 0.219. The third kappa shape index (κ3) is 3.82. The van der Waals surface area contributed by atoms with Crippen LogP contribution in [0.4, 0.5) is 0 Å². The second kappa shape index (κ2) is 9.86. The van der Waals surface area contributed by atoms with Gasteiger partial charge in [0.25, 0.3) is 0 Å². The smallest absolute Gasteiger partial charge is 0.343 e. The van der Waals surface area contributed by atoms with E-state index < -0.39 is 130 Å². The van der Waals surface area contributed by atoms with Crippen molar-refractivity contribution in [3.8, 4) is 0 Å². The van der Waals surface area contributed by atoms with Gasteiger partial charge < -0.3 is 39.0 Å². The molecule has 47 heavy (non-hydrogen) atoms. The number of fused-ring (bicyclic) bond motifs is 10. The number of hydrogen-bond acceptors (Lipinski definition) is 13. The topological polar surface area (TPSA) is 195 Å². The molecule has 7 aliphatic rings. The normalized spacial score (nSPS) is 55.1. The average Bonchev–Trinajstić information content (AvgIpc) is 3.65. The second-order valence-electron chi connectivity index (χ2n) is 15.9. The number of esters is 4. The van der Waals surface area contributed by atoms with Gasteiger partial charge >= 0.3 is 23.9 Å². The van der Waals surface area contributed by atoms with Crippen LogP contribution in [0.3, 0.4) is 0 Å². The molecule has 4 saturated carbocycles. The molecule has 7 rings (SSSR count). The third-order valence-corrected chi connectivity index (χ3v) is 13.8. The molecule has 2 heterocycles. The van der Waals surface area contributed by atoms with Gasteiger partial charge in [-0.1, -0.05) is 20.8 Å². The summed E-state index contributed by atoms with van der Waals surface area (Å²) in [6.07, 6.45) is -5.43. The highest BCUT2D eigenvalue weighted by Gasteiger charge is 2.82. The Morgan fingerprint density at radius 2 is 1.49 bits per heavy atom. The zero-order valence-electron chi connectivity index (χ0n) is 27.8. The molecule has 6 fully saturated rings. The fraction of sp³-hybridized carbons (Fsp3) is 0.794. The van der Waals surface area contributed by atoms with Crippen LogP contribution >= 0.6 is 0 Å². The first kappa shape index (κ1) is 32.7. The van der Waals surface area contributed by atoms with E-state index in [9.17, 15) is 39.3 Å². The van der Waals surface area contributed by atoms with E-state index in [1.165, 1.54) is 27.7 Å². The van der Waals surface area contributed by atoms with E-state index in [1.54, 1.807) is 26.8 Å². The largest absolute Gasteiger partial charge is 0.459 e. The second-order valence-corrected chi connectivity index (χ2v) is 15.9. The van der Waals surface area contributed by atoms with Gasteiger partial charge in [-0.25, -0.2) is 4.79 Å². The molecule has 2 aliphatic heterocycles. The summed E-state index contributed by atoms with van der Waals surface area (Å²) in [7, 11) is 0. The zero-order valence-corrected chi connectivity index (χ0v) is 27.8. The van der Waals surface area contributed by atoms with Crippen molar-refractivity contribution in [2.75, 3.05) is 0 Å². The molecule has 0 spiro atoms. The van der Waals surface area contributed by atoms with Crippen molar-refractivity contribution in [3.63, 3.8) is 0 Å². The third-order valence-electron chi connectivity index (χ3n) is 13.8. The van der Waals surface area contributed by atoms with Crippen molar-refractivity contribution in [2.24, 2.45) is 57.7 Å². The summed E-state index contributed by atoms with van der Waals surface area (Å²) in [5, 5.41) is 37.0. The number of ketones is 1. The van der Waals surface area contributed by atoms with Crippen molar-refractivity contribution >= 4 is 29.7 Å². The number of carbonyl (C=O) groups is 5. The van der Waals surface area contributed by atoms with E-state index in [0.29, 0.717) is 0 Å². The van der Waals surface area contributed by atoms with Crippen LogP contribution in [0.15, 0.2) is 11.8 Å². The van der Waals surface area contributed by atoms with E-state index in [1.807, 2.05) is 6.92 Å². The molecular weight excluding hydrogens is 616 g/mol. The number of carbonyl (C=O) groups excluding carboxylic acids is 5. The minimum atomic E-state index is -2.05. The van der Waals surface area contributed by atoms with Gasteiger partial charge in [-0.3, -0.25) is 19.2 Å². The summed E-state index contributed by atoms with van der Waals surface area (Å²) in [4.78, 5) is 65.8. The van der Waals surface area contributed by atoms with Gasteiger partial charge in [0.1, 0.15) is 24.1 Å². The van der Waals surface area contributed by atoms with Crippen molar-refractivity contribution < 1.29 is 63.0 Å². The lowest BCUT2D eigenvalue weighted by Crippen LogP contribution is -2.74. The number of Topliss-reactive ketones (excluding diaryl/α,β-unsaturated/α-hetero) is 1. The number of epoxide rings is 1. The minimum absolute atomic E-state index is 0.215. The van der Waals surface area contributed by atoms with Crippen molar-refractivity contribution in [3.05, 3.63) is 11.8 Å². The molecule has 0 bridgehead atoms. The molecule has 18 atom stereocenters. The molecule has 13 heteroatoms. The Balaban J connectivity index is 1.48. The number of allylic oxidation sites excluding steroid dienone is 1. The fourth-order valence-corrected chi connectivity index (χ4v) is 11.9. The van der Waals surface area contributed by atoms with Gasteiger partial charge in [-0.15, -0.1) is 0 Å². The van der Waals surface area contributed by atoms with Crippen molar-refractivity contribution in [1.82, 2.24) is 0 Å². The Labute approximate surface area is 272 Å². The summed E-state index contributed by atoms with van der Waals surface area (Å²) >= 11 is 0. The predicted octanol–water partition coefficient (Wildman–Crippen LogP) is 0.842. The monoisotopic (exact) mass is 660 g/mol. The number of ether oxygens (including phenoxy) is 5. The lowest BCUT2D eigenvalue weighted by molar-refractivity contribution is -0.270. The average molecular weight is 661 g/mol. The van der Waals surface area contributed by atoms with Crippen LogP contribution in [0.5, 0.6) is 0 Å². The molecule has 3 N–H and O–H groups in total. The van der Waals surface area contributed by atoms with Gasteiger partial charge in [0, 0.05) is 61.2 Å². The molecule has 0 unspecified atom stereocenters. The van der Waals surface area contributed by atoms with Crippen LogP contribution in [0.2, 0.25) is 0 Å². The van der Waals surface area contributed by atoms with E-state index in [4.69, 9.17) is 23.7 Å². The van der Waals surface area contributed by atoms with E-state index in [-0.39, 0.29) is 18.3 Å². The number of rotatable bonds is 3. The maximum atomic E-state index is 14.7. The van der Waals surface area contributed by atoms with Gasteiger partial charge in [0.2, 0.25) is 0 Å². The lowest BCUT2D eigenvalue weighted by atomic mass is 9.41. The highest BCUT2D eigenvalue weighted by atomic mass is 16.6. The number of hydrogen-bond donors (Lipinski definition) is 3. The van der Waals surface area contributed by atoms with Crippen LogP contribution in [-0.2, 0) is 47.7 Å². The molecule has 2 saturated heterocycles. The van der Waals surface area contributed by atoms with Gasteiger partial charge in [-0.05, 0) is 38.2 Å². The Bertz CT molecular complexity index is 1500. The van der Waals surface area contributed by atoms with Gasteiger partial charge in [-0.2, -0.15) is 0 Å². The van der Waals surface area contributed by atoms with E-state index in [0.717, 1.165) is 0 Å². The van der Waals surface area contributed by atoms with Crippen LogP contribution in [-0.4, -0.2) is 93.3 Å². The number of aliphatic hydroxyl groups excluding tert-OH is 2.